The van der Waals surface area contributed by atoms with Gasteiger partial charge in [0.2, 0.25) is 0 Å². The van der Waals surface area contributed by atoms with Crippen LogP contribution in [0.2, 0.25) is 0 Å². The summed E-state index contributed by atoms with van der Waals surface area (Å²) in [6.07, 6.45) is 2.34. The van der Waals surface area contributed by atoms with Gasteiger partial charge >= 0.3 is 6.03 Å². The number of amides is 2. The minimum absolute atomic E-state index is 0.0272. The zero-order valence-electron chi connectivity index (χ0n) is 15.4. The third kappa shape index (κ3) is 4.23. The minimum Gasteiger partial charge on any atom is -0.338 e. The second-order valence-electron chi connectivity index (χ2n) is 6.88. The number of likely N-dealkylation sites (tertiary alicyclic amines) is 1. The first-order valence-electron chi connectivity index (χ1n) is 9.12. The Balaban J connectivity index is 1.47. The number of nitrogens with one attached hydrogen (secondary N) is 1. The van der Waals surface area contributed by atoms with Crippen molar-refractivity contribution in [1.82, 2.24) is 20.0 Å². The Morgan fingerprint density at radius 3 is 2.54 bits per heavy atom. The van der Waals surface area contributed by atoms with Crippen molar-refractivity contribution in [3.8, 4) is 11.8 Å². The monoisotopic (exact) mass is 351 g/mol. The van der Waals surface area contributed by atoms with E-state index in [-0.39, 0.29) is 11.9 Å². The number of carbonyl (C=O) groups is 1. The molecule has 0 radical (unpaired) electrons. The lowest BCUT2D eigenvalue weighted by molar-refractivity contribution is 0.179. The number of carbonyl (C=O) groups excluding carboxylic acids is 1. The van der Waals surface area contributed by atoms with Gasteiger partial charge in [-0.15, -0.1) is 0 Å². The van der Waals surface area contributed by atoms with Crippen LogP contribution in [0, 0.1) is 31.1 Å². The number of piperidine rings is 1. The van der Waals surface area contributed by atoms with Crippen molar-refractivity contribution < 1.29 is 4.79 Å². The molecule has 0 unspecified atom stereocenters. The van der Waals surface area contributed by atoms with Crippen molar-refractivity contribution in [2.45, 2.75) is 33.1 Å². The minimum atomic E-state index is -0.0272. The lowest BCUT2D eigenvalue weighted by Gasteiger charge is -2.29. The first-order chi connectivity index (χ1) is 12.6. The fourth-order valence-electron chi connectivity index (χ4n) is 3.33. The van der Waals surface area contributed by atoms with Gasteiger partial charge in [0.25, 0.3) is 0 Å². The molecule has 3 rings (SSSR count). The Morgan fingerprint density at radius 2 is 1.96 bits per heavy atom. The highest BCUT2D eigenvalue weighted by molar-refractivity contribution is 5.74. The van der Waals surface area contributed by atoms with E-state index in [1.165, 1.54) is 5.56 Å². The summed E-state index contributed by atoms with van der Waals surface area (Å²) in [4.78, 5) is 14.0. The summed E-state index contributed by atoms with van der Waals surface area (Å²) in [5.41, 5.74) is 4.35. The van der Waals surface area contributed by atoms with Gasteiger partial charge in [-0.2, -0.15) is 10.4 Å². The molecule has 0 bridgehead atoms. The van der Waals surface area contributed by atoms with Gasteiger partial charge in [0.1, 0.15) is 0 Å². The number of aromatic nitrogens is 2. The van der Waals surface area contributed by atoms with E-state index in [4.69, 9.17) is 5.26 Å². The quantitative estimate of drug-likeness (QED) is 0.920. The van der Waals surface area contributed by atoms with Crippen molar-refractivity contribution in [3.63, 3.8) is 0 Å². The maximum Gasteiger partial charge on any atom is 0.317 e. The zero-order valence-corrected chi connectivity index (χ0v) is 15.4. The van der Waals surface area contributed by atoms with Crippen LogP contribution in [0.5, 0.6) is 0 Å². The molecule has 0 atom stereocenters. The van der Waals surface area contributed by atoms with Gasteiger partial charge in [-0.1, -0.05) is 12.1 Å². The average molecular weight is 351 g/mol. The molecule has 2 amide bonds. The van der Waals surface area contributed by atoms with Crippen LogP contribution in [-0.4, -0.2) is 40.3 Å². The molecule has 1 aliphatic rings. The fourth-order valence-corrected chi connectivity index (χ4v) is 3.33. The van der Waals surface area contributed by atoms with E-state index in [9.17, 15) is 4.79 Å². The predicted octanol–water partition coefficient (Wildman–Crippen LogP) is 2.98. The molecule has 0 aliphatic carbocycles. The molecule has 0 saturated carbocycles. The molecular formula is C20H25N5O. The Kier molecular flexibility index (Phi) is 5.57. The van der Waals surface area contributed by atoms with Crippen LogP contribution in [0.3, 0.4) is 0 Å². The number of hydrogen-bond donors (Lipinski definition) is 1. The first-order valence-corrected chi connectivity index (χ1v) is 9.12. The molecule has 26 heavy (non-hydrogen) atoms. The molecule has 1 N–H and O–H groups in total. The van der Waals surface area contributed by atoms with Crippen molar-refractivity contribution in [1.29, 1.82) is 5.26 Å². The number of urea groups is 1. The highest BCUT2D eigenvalue weighted by Crippen LogP contribution is 2.16. The van der Waals surface area contributed by atoms with Crippen molar-refractivity contribution in [2.24, 2.45) is 5.92 Å². The van der Waals surface area contributed by atoms with Gasteiger partial charge in [-0.05, 0) is 56.9 Å². The highest BCUT2D eigenvalue weighted by Gasteiger charge is 2.21. The molecule has 6 heteroatoms. The van der Waals surface area contributed by atoms with Gasteiger partial charge in [0, 0.05) is 31.2 Å². The Bertz CT molecular complexity index is 795. The molecule has 136 valence electrons. The average Bonchev–Trinajstić information content (AvgIpc) is 3.00. The second-order valence-corrected chi connectivity index (χ2v) is 6.88. The van der Waals surface area contributed by atoms with Crippen LogP contribution in [0.15, 0.2) is 30.3 Å². The Hall–Kier alpha value is -2.81. The summed E-state index contributed by atoms with van der Waals surface area (Å²) >= 11 is 0. The number of nitriles is 1. The molecule has 2 aromatic rings. The number of rotatable bonds is 4. The maximum absolute atomic E-state index is 12.2. The summed E-state index contributed by atoms with van der Waals surface area (Å²) < 4.78 is 1.94. The van der Waals surface area contributed by atoms with Crippen LogP contribution in [0.4, 0.5) is 4.79 Å². The van der Waals surface area contributed by atoms with Crippen LogP contribution < -0.4 is 5.32 Å². The molecule has 1 aliphatic heterocycles. The zero-order chi connectivity index (χ0) is 18.5. The Morgan fingerprint density at radius 1 is 1.27 bits per heavy atom. The third-order valence-electron chi connectivity index (χ3n) is 4.85. The largest absolute Gasteiger partial charge is 0.338 e. The second kappa shape index (κ2) is 8.05. The van der Waals surface area contributed by atoms with Crippen LogP contribution in [-0.2, 0) is 6.42 Å². The van der Waals surface area contributed by atoms with Gasteiger partial charge in [-0.3, -0.25) is 0 Å². The highest BCUT2D eigenvalue weighted by atomic mass is 16.2. The van der Waals surface area contributed by atoms with Crippen molar-refractivity contribution >= 4 is 6.03 Å². The number of benzene rings is 1. The summed E-state index contributed by atoms with van der Waals surface area (Å²) in [6, 6.07) is 12.6. The molecule has 1 saturated heterocycles. The maximum atomic E-state index is 12.2. The summed E-state index contributed by atoms with van der Waals surface area (Å²) in [5.74, 6) is 0.0970. The summed E-state index contributed by atoms with van der Waals surface area (Å²) in [5, 5.41) is 16.4. The molecule has 0 spiro atoms. The van der Waals surface area contributed by atoms with E-state index >= 15 is 0 Å². The lowest BCUT2D eigenvalue weighted by atomic mass is 9.99. The van der Waals surface area contributed by atoms with Gasteiger partial charge in [0.15, 0.2) is 0 Å². The molecule has 1 aromatic carbocycles. The molecule has 1 aromatic heterocycles. The third-order valence-corrected chi connectivity index (χ3v) is 4.85. The smallest absolute Gasteiger partial charge is 0.317 e. The SMILES string of the molecule is Cc1cc(C)n(-c2ccc(CCNC(=O)N3CCC(C#N)CC3)cc2)n1. The topological polar surface area (TPSA) is 74.0 Å². The van der Waals surface area contributed by atoms with Gasteiger partial charge < -0.3 is 10.2 Å². The van der Waals surface area contributed by atoms with Crippen molar-refractivity contribution in [2.75, 3.05) is 19.6 Å². The number of aryl methyl sites for hydroxylation is 2. The van der Waals surface area contributed by atoms with E-state index in [0.29, 0.717) is 19.6 Å². The van der Waals surface area contributed by atoms with E-state index in [1.54, 1.807) is 4.90 Å². The predicted molar refractivity (Wildman–Crippen MR) is 100 cm³/mol. The first kappa shape index (κ1) is 18.0. The van der Waals surface area contributed by atoms with E-state index in [0.717, 1.165) is 36.3 Å². The van der Waals surface area contributed by atoms with E-state index in [2.05, 4.69) is 46.8 Å². The molecule has 6 nitrogen and oxygen atoms in total. The summed E-state index contributed by atoms with van der Waals surface area (Å²) in [7, 11) is 0. The van der Waals surface area contributed by atoms with Gasteiger partial charge in [0.05, 0.1) is 17.5 Å². The molecular weight excluding hydrogens is 326 g/mol. The van der Waals surface area contributed by atoms with Crippen LogP contribution >= 0.6 is 0 Å². The normalized spacial score (nSPS) is 14.9. The standard InChI is InChI=1S/C20H25N5O/c1-15-13-16(2)25(23-15)19-5-3-17(4-6-19)7-10-22-20(26)24-11-8-18(14-21)9-12-24/h3-6,13,18H,7-12H2,1-2H3,(H,22,26). The molecule has 1 fully saturated rings. The van der Waals surface area contributed by atoms with E-state index in [1.807, 2.05) is 18.5 Å². The van der Waals surface area contributed by atoms with Crippen molar-refractivity contribution in [3.05, 3.63) is 47.3 Å². The number of hydrogen-bond acceptors (Lipinski definition) is 3. The van der Waals surface area contributed by atoms with E-state index < -0.39 is 0 Å². The molecule has 2 heterocycles. The van der Waals surface area contributed by atoms with Gasteiger partial charge in [-0.25, -0.2) is 9.48 Å². The number of nitrogens with zero attached hydrogens (tertiary/aromatic N) is 4. The van der Waals surface area contributed by atoms with Crippen LogP contribution in [0.25, 0.3) is 5.69 Å². The Labute approximate surface area is 154 Å². The fraction of sp³-hybridized carbons (Fsp3) is 0.450. The summed E-state index contributed by atoms with van der Waals surface area (Å²) in [6.45, 7) is 5.98. The van der Waals surface area contributed by atoms with Crippen LogP contribution in [0.1, 0.15) is 29.8 Å². The lowest BCUT2D eigenvalue weighted by Crippen LogP contribution is -2.44.